The summed E-state index contributed by atoms with van der Waals surface area (Å²) in [6.45, 7) is 2.13. The van der Waals surface area contributed by atoms with Gasteiger partial charge in [0.2, 0.25) is 5.95 Å². The van der Waals surface area contributed by atoms with E-state index in [9.17, 15) is 4.39 Å². The highest BCUT2D eigenvalue weighted by Gasteiger charge is 2.11. The largest absolute Gasteiger partial charge is 0.322 e. The van der Waals surface area contributed by atoms with Crippen molar-refractivity contribution >= 4 is 22.8 Å². The average molecular weight is 324 g/mol. The van der Waals surface area contributed by atoms with Gasteiger partial charge >= 0.3 is 0 Å². The van der Waals surface area contributed by atoms with E-state index < -0.39 is 5.95 Å². The number of pyridine rings is 1. The van der Waals surface area contributed by atoms with Crippen LogP contribution in [0.5, 0.6) is 0 Å². The van der Waals surface area contributed by atoms with E-state index in [0.29, 0.717) is 28.4 Å². The number of nitrogens with one attached hydrogen (secondary N) is 2. The Morgan fingerprint density at radius 1 is 1.25 bits per heavy atom. The average Bonchev–Trinajstić information content (AvgIpc) is 3.16. The third-order valence-corrected chi connectivity index (χ3v) is 3.46. The molecule has 0 fully saturated rings. The van der Waals surface area contributed by atoms with E-state index in [-0.39, 0.29) is 6.54 Å². The molecule has 0 atom stereocenters. The van der Waals surface area contributed by atoms with E-state index in [1.54, 1.807) is 29.2 Å². The molecule has 120 valence electrons. The number of aryl methyl sites for hydroxylation is 1. The molecule has 8 nitrogen and oxygen atoms in total. The Morgan fingerprint density at radius 3 is 2.96 bits per heavy atom. The molecule has 9 heteroatoms. The van der Waals surface area contributed by atoms with Gasteiger partial charge in [-0.25, -0.2) is 19.6 Å². The molecule has 4 aromatic rings. The molecule has 0 aliphatic carbocycles. The Balaban J connectivity index is 1.67. The first-order chi connectivity index (χ1) is 11.7. The molecular weight excluding hydrogens is 311 g/mol. The highest BCUT2D eigenvalue weighted by molar-refractivity contribution is 5.72. The Labute approximate surface area is 135 Å². The molecule has 0 radical (unpaired) electrons. The molecule has 4 rings (SSSR count). The van der Waals surface area contributed by atoms with Gasteiger partial charge in [-0.1, -0.05) is 6.07 Å². The van der Waals surface area contributed by atoms with Crippen LogP contribution in [0.15, 0.2) is 36.8 Å². The fourth-order valence-corrected chi connectivity index (χ4v) is 2.34. The number of nitrogens with zero attached hydrogens (tertiary/aromatic N) is 6. The third-order valence-electron chi connectivity index (χ3n) is 3.46. The van der Waals surface area contributed by atoms with Gasteiger partial charge in [-0.15, -0.1) is 0 Å². The highest BCUT2D eigenvalue weighted by atomic mass is 19.1. The number of fused-ring (bicyclic) bond motifs is 1. The molecule has 0 saturated carbocycles. The first-order valence-corrected chi connectivity index (χ1v) is 7.26. The molecule has 24 heavy (non-hydrogen) atoms. The van der Waals surface area contributed by atoms with Crippen LogP contribution in [0, 0.1) is 12.9 Å². The highest BCUT2D eigenvalue weighted by Crippen LogP contribution is 2.17. The maximum atomic E-state index is 13.7. The van der Waals surface area contributed by atoms with Crippen molar-refractivity contribution in [1.82, 2.24) is 34.9 Å². The van der Waals surface area contributed by atoms with Crippen molar-refractivity contribution in [1.29, 1.82) is 0 Å². The van der Waals surface area contributed by atoms with Crippen LogP contribution >= 0.6 is 0 Å². The van der Waals surface area contributed by atoms with Gasteiger partial charge in [-0.3, -0.25) is 5.10 Å². The van der Waals surface area contributed by atoms with Crippen LogP contribution < -0.4 is 5.32 Å². The maximum Gasteiger partial charge on any atom is 0.217 e. The summed E-state index contributed by atoms with van der Waals surface area (Å²) < 4.78 is 15.3. The van der Waals surface area contributed by atoms with Gasteiger partial charge < -0.3 is 5.32 Å². The van der Waals surface area contributed by atoms with E-state index >= 15 is 0 Å². The van der Waals surface area contributed by atoms with Crippen molar-refractivity contribution in [2.75, 3.05) is 5.32 Å². The predicted molar refractivity (Wildman–Crippen MR) is 85.2 cm³/mol. The molecule has 0 aromatic carbocycles. The Bertz CT molecular complexity index is 1010. The molecule has 4 heterocycles. The summed E-state index contributed by atoms with van der Waals surface area (Å²) in [6.07, 6.45) is 4.61. The van der Waals surface area contributed by atoms with E-state index in [0.717, 1.165) is 5.69 Å². The molecule has 0 spiro atoms. The van der Waals surface area contributed by atoms with E-state index in [1.165, 1.54) is 6.20 Å². The normalized spacial score (nSPS) is 11.1. The molecule has 0 bridgehead atoms. The lowest BCUT2D eigenvalue weighted by molar-refractivity contribution is 0.552. The summed E-state index contributed by atoms with van der Waals surface area (Å²) in [5, 5.41) is 14.2. The Hall–Kier alpha value is -3.36. The zero-order chi connectivity index (χ0) is 16.5. The lowest BCUT2D eigenvalue weighted by atomic mass is 10.3. The van der Waals surface area contributed by atoms with Gasteiger partial charge in [0.05, 0.1) is 18.9 Å². The van der Waals surface area contributed by atoms with Gasteiger partial charge in [0.15, 0.2) is 17.3 Å². The minimum atomic E-state index is -0.518. The van der Waals surface area contributed by atoms with Crippen molar-refractivity contribution in [3.8, 4) is 0 Å². The first kappa shape index (κ1) is 14.2. The molecular formula is C15H13FN8. The second-order valence-electron chi connectivity index (χ2n) is 5.28. The van der Waals surface area contributed by atoms with Gasteiger partial charge in [-0.2, -0.15) is 14.6 Å². The van der Waals surface area contributed by atoms with E-state index in [1.807, 2.05) is 13.0 Å². The number of rotatable bonds is 4. The van der Waals surface area contributed by atoms with Crippen LogP contribution in [0.1, 0.15) is 11.3 Å². The number of aromatic nitrogens is 7. The quantitative estimate of drug-likeness (QED) is 0.559. The van der Waals surface area contributed by atoms with Crippen LogP contribution in [0.25, 0.3) is 11.2 Å². The lowest BCUT2D eigenvalue weighted by Gasteiger charge is -2.05. The minimum absolute atomic E-state index is 0.225. The number of hydrogen-bond acceptors (Lipinski definition) is 6. The van der Waals surface area contributed by atoms with Crippen LogP contribution in [0.3, 0.4) is 0 Å². The first-order valence-electron chi connectivity index (χ1n) is 7.26. The predicted octanol–water partition coefficient (Wildman–Crippen LogP) is 2.18. The standard InChI is InChI=1S/C15H13FN8/c1-9-5-12(23-22-9)20-13-7-18-11-6-19-24(15(11)21-13)8-10-3-2-4-17-14(10)16/h2-7H,8H2,1H3,(H2,20,21,22,23). The Kier molecular flexibility index (Phi) is 3.38. The van der Waals surface area contributed by atoms with E-state index in [2.05, 4.69) is 35.6 Å². The second-order valence-corrected chi connectivity index (χ2v) is 5.28. The van der Waals surface area contributed by atoms with Crippen molar-refractivity contribution in [3.63, 3.8) is 0 Å². The van der Waals surface area contributed by atoms with Crippen molar-refractivity contribution in [2.24, 2.45) is 0 Å². The number of anilines is 2. The SMILES string of the molecule is Cc1cc(Nc2cnc3cnn(Cc4cccnc4F)c3n2)n[nH]1. The summed E-state index contributed by atoms with van der Waals surface area (Å²) in [5.74, 6) is 0.656. The topological polar surface area (TPSA) is 97.2 Å². The van der Waals surface area contributed by atoms with Crippen molar-refractivity contribution in [2.45, 2.75) is 13.5 Å². The lowest BCUT2D eigenvalue weighted by Crippen LogP contribution is -2.06. The summed E-state index contributed by atoms with van der Waals surface area (Å²) in [4.78, 5) is 12.5. The molecule has 0 saturated heterocycles. The smallest absolute Gasteiger partial charge is 0.217 e. The minimum Gasteiger partial charge on any atom is -0.322 e. The maximum absolute atomic E-state index is 13.7. The van der Waals surface area contributed by atoms with Crippen LogP contribution in [-0.2, 0) is 6.54 Å². The Morgan fingerprint density at radius 2 is 2.17 bits per heavy atom. The van der Waals surface area contributed by atoms with Gasteiger partial charge in [0.25, 0.3) is 0 Å². The molecule has 0 amide bonds. The summed E-state index contributed by atoms with van der Waals surface area (Å²) >= 11 is 0. The zero-order valence-corrected chi connectivity index (χ0v) is 12.7. The van der Waals surface area contributed by atoms with Crippen molar-refractivity contribution in [3.05, 3.63) is 54.0 Å². The number of hydrogen-bond donors (Lipinski definition) is 2. The number of halogens is 1. The summed E-state index contributed by atoms with van der Waals surface area (Å²) in [7, 11) is 0. The summed E-state index contributed by atoms with van der Waals surface area (Å²) in [6, 6.07) is 5.20. The number of aromatic amines is 1. The van der Waals surface area contributed by atoms with Crippen LogP contribution in [-0.4, -0.2) is 34.9 Å². The van der Waals surface area contributed by atoms with Gasteiger partial charge in [0.1, 0.15) is 5.52 Å². The van der Waals surface area contributed by atoms with Crippen LogP contribution in [0.2, 0.25) is 0 Å². The van der Waals surface area contributed by atoms with Gasteiger partial charge in [-0.05, 0) is 13.0 Å². The molecule has 0 unspecified atom stereocenters. The molecule has 4 aromatic heterocycles. The van der Waals surface area contributed by atoms with Gasteiger partial charge in [0, 0.05) is 23.5 Å². The van der Waals surface area contributed by atoms with Crippen molar-refractivity contribution < 1.29 is 4.39 Å². The monoisotopic (exact) mass is 324 g/mol. The van der Waals surface area contributed by atoms with E-state index in [4.69, 9.17) is 0 Å². The number of H-pyrrole nitrogens is 1. The fraction of sp³-hybridized carbons (Fsp3) is 0.133. The van der Waals surface area contributed by atoms with Crippen LogP contribution in [0.4, 0.5) is 16.0 Å². The molecule has 0 aliphatic rings. The molecule has 2 N–H and O–H groups in total. The summed E-state index contributed by atoms with van der Waals surface area (Å²) in [5.41, 5.74) is 2.55. The second kappa shape index (κ2) is 5.69. The zero-order valence-electron chi connectivity index (χ0n) is 12.7. The molecule has 0 aliphatic heterocycles. The fourth-order valence-electron chi connectivity index (χ4n) is 2.34. The third kappa shape index (κ3) is 2.67.